The van der Waals surface area contributed by atoms with Gasteiger partial charge in [-0.25, -0.2) is 4.98 Å². The maximum absolute atomic E-state index is 12.9. The molecule has 8 heteroatoms. The van der Waals surface area contributed by atoms with E-state index in [9.17, 15) is 14.4 Å². The van der Waals surface area contributed by atoms with Crippen LogP contribution in [0.1, 0.15) is 55.9 Å². The van der Waals surface area contributed by atoms with Gasteiger partial charge in [-0.1, -0.05) is 0 Å². The van der Waals surface area contributed by atoms with Gasteiger partial charge < -0.3 is 10.2 Å². The molecule has 156 valence electrons. The first kappa shape index (κ1) is 20.1. The molecule has 4 rings (SSSR count). The number of aryl methyl sites for hydroxylation is 3. The summed E-state index contributed by atoms with van der Waals surface area (Å²) in [5.41, 5.74) is 1.10. The van der Waals surface area contributed by atoms with E-state index in [1.54, 1.807) is 24.6 Å². The largest absolute Gasteiger partial charge is 0.345 e. The molecular weight excluding hydrogens is 388 g/mol. The van der Waals surface area contributed by atoms with Crippen LogP contribution >= 0.6 is 11.3 Å². The van der Waals surface area contributed by atoms with Crippen molar-refractivity contribution in [2.24, 2.45) is 0 Å². The Balaban J connectivity index is 1.39. The van der Waals surface area contributed by atoms with E-state index < -0.39 is 6.04 Å². The lowest BCUT2D eigenvalue weighted by Crippen LogP contribution is -2.48. The van der Waals surface area contributed by atoms with E-state index in [1.807, 2.05) is 4.90 Å². The molecule has 0 saturated carbocycles. The van der Waals surface area contributed by atoms with Crippen molar-refractivity contribution < 1.29 is 9.59 Å². The molecule has 1 atom stereocenters. The minimum absolute atomic E-state index is 0.0248. The Bertz CT molecular complexity index is 974. The molecule has 1 aliphatic heterocycles. The fourth-order valence-corrected chi connectivity index (χ4v) is 5.55. The third-order valence-corrected chi connectivity index (χ3v) is 7.14. The van der Waals surface area contributed by atoms with Crippen LogP contribution in [0.2, 0.25) is 0 Å². The van der Waals surface area contributed by atoms with Gasteiger partial charge in [-0.2, -0.15) is 0 Å². The van der Waals surface area contributed by atoms with Gasteiger partial charge in [-0.15, -0.1) is 11.3 Å². The third-order valence-electron chi connectivity index (χ3n) is 5.94. The van der Waals surface area contributed by atoms with Crippen LogP contribution in [0.4, 0.5) is 0 Å². The second kappa shape index (κ2) is 8.65. The van der Waals surface area contributed by atoms with Gasteiger partial charge in [0.1, 0.15) is 10.9 Å². The standard InChI is InChI=1S/C21H28N4O3S/c1-14(20(27)24-10-5-2-6-11-24)23-17(26)9-12-25-13-22-19-18(21(25)28)15-7-3-4-8-16(15)29-19/h13-14H,2-12H2,1H3,(H,23,26)/t14-/m0/s1. The van der Waals surface area contributed by atoms with Crippen molar-refractivity contribution in [1.29, 1.82) is 0 Å². The zero-order valence-corrected chi connectivity index (χ0v) is 17.7. The number of rotatable bonds is 5. The average Bonchev–Trinajstić information content (AvgIpc) is 3.12. The average molecular weight is 417 g/mol. The van der Waals surface area contributed by atoms with Gasteiger partial charge in [0.15, 0.2) is 0 Å². The van der Waals surface area contributed by atoms with Crippen LogP contribution in [0.5, 0.6) is 0 Å². The van der Waals surface area contributed by atoms with Gasteiger partial charge in [0.25, 0.3) is 5.56 Å². The highest BCUT2D eigenvalue weighted by Gasteiger charge is 2.24. The molecule has 1 N–H and O–H groups in total. The van der Waals surface area contributed by atoms with E-state index in [2.05, 4.69) is 10.3 Å². The van der Waals surface area contributed by atoms with Crippen LogP contribution in [0.25, 0.3) is 10.2 Å². The minimum atomic E-state index is -0.540. The summed E-state index contributed by atoms with van der Waals surface area (Å²) < 4.78 is 1.53. The van der Waals surface area contributed by atoms with Crippen molar-refractivity contribution in [2.75, 3.05) is 13.1 Å². The number of thiophene rings is 1. The predicted octanol–water partition coefficient (Wildman–Crippen LogP) is 2.24. The third kappa shape index (κ3) is 4.22. The zero-order chi connectivity index (χ0) is 20.4. The van der Waals surface area contributed by atoms with E-state index in [4.69, 9.17) is 0 Å². The Morgan fingerprint density at radius 2 is 1.93 bits per heavy atom. The van der Waals surface area contributed by atoms with Crippen LogP contribution in [-0.4, -0.2) is 45.4 Å². The van der Waals surface area contributed by atoms with Gasteiger partial charge in [0.05, 0.1) is 11.7 Å². The number of aromatic nitrogens is 2. The highest BCUT2D eigenvalue weighted by molar-refractivity contribution is 7.18. The highest BCUT2D eigenvalue weighted by Crippen LogP contribution is 2.33. The lowest BCUT2D eigenvalue weighted by molar-refractivity contribution is -0.136. The molecule has 2 aliphatic rings. The summed E-state index contributed by atoms with van der Waals surface area (Å²) in [6, 6.07) is -0.540. The van der Waals surface area contributed by atoms with Crippen molar-refractivity contribution >= 4 is 33.4 Å². The number of hydrogen-bond donors (Lipinski definition) is 1. The summed E-state index contributed by atoms with van der Waals surface area (Å²) in [6.07, 6.45) is 9.15. The zero-order valence-electron chi connectivity index (χ0n) is 16.9. The van der Waals surface area contributed by atoms with Crippen molar-refractivity contribution in [3.8, 4) is 0 Å². The van der Waals surface area contributed by atoms with E-state index >= 15 is 0 Å². The minimum Gasteiger partial charge on any atom is -0.345 e. The number of fused-ring (bicyclic) bond motifs is 3. The Morgan fingerprint density at radius 3 is 2.72 bits per heavy atom. The molecule has 29 heavy (non-hydrogen) atoms. The number of nitrogens with one attached hydrogen (secondary N) is 1. The first-order valence-corrected chi connectivity index (χ1v) is 11.4. The van der Waals surface area contributed by atoms with Crippen LogP contribution in [0.15, 0.2) is 11.1 Å². The smallest absolute Gasteiger partial charge is 0.262 e. The summed E-state index contributed by atoms with van der Waals surface area (Å²) in [4.78, 5) is 46.2. The molecule has 0 aromatic carbocycles. The summed E-state index contributed by atoms with van der Waals surface area (Å²) in [6.45, 7) is 3.53. The lowest BCUT2D eigenvalue weighted by atomic mass is 9.97. The molecule has 2 amide bonds. The second-order valence-electron chi connectivity index (χ2n) is 8.06. The maximum Gasteiger partial charge on any atom is 0.262 e. The summed E-state index contributed by atoms with van der Waals surface area (Å²) in [5, 5.41) is 3.52. The highest BCUT2D eigenvalue weighted by atomic mass is 32.1. The van der Waals surface area contributed by atoms with Crippen LogP contribution in [-0.2, 0) is 29.0 Å². The van der Waals surface area contributed by atoms with Crippen molar-refractivity contribution in [1.82, 2.24) is 19.8 Å². The van der Waals surface area contributed by atoms with Crippen molar-refractivity contribution in [3.05, 3.63) is 27.1 Å². The number of carbonyl (C=O) groups excluding carboxylic acids is 2. The molecule has 1 aliphatic carbocycles. The van der Waals surface area contributed by atoms with Gasteiger partial charge >= 0.3 is 0 Å². The number of likely N-dealkylation sites (tertiary alicyclic amines) is 1. The Morgan fingerprint density at radius 1 is 1.17 bits per heavy atom. The van der Waals surface area contributed by atoms with E-state index in [1.165, 1.54) is 15.9 Å². The monoisotopic (exact) mass is 416 g/mol. The first-order chi connectivity index (χ1) is 14.0. The summed E-state index contributed by atoms with van der Waals surface area (Å²) in [7, 11) is 0. The molecule has 0 radical (unpaired) electrons. The van der Waals surface area contributed by atoms with Gasteiger partial charge in [0.2, 0.25) is 11.8 Å². The first-order valence-electron chi connectivity index (χ1n) is 10.6. The Kier molecular flexibility index (Phi) is 5.99. The quantitative estimate of drug-likeness (QED) is 0.810. The molecular formula is C21H28N4O3S. The molecule has 2 aromatic rings. The van der Waals surface area contributed by atoms with Crippen molar-refractivity contribution in [2.45, 2.75) is 70.9 Å². The Labute approximate surface area is 174 Å². The normalized spacial score (nSPS) is 17.8. The molecule has 0 unspecified atom stereocenters. The molecule has 0 bridgehead atoms. The van der Waals surface area contributed by atoms with Gasteiger partial charge in [0, 0.05) is 30.9 Å². The van der Waals surface area contributed by atoms with Crippen LogP contribution in [0, 0.1) is 0 Å². The van der Waals surface area contributed by atoms with Gasteiger partial charge in [-0.05, 0) is 57.4 Å². The molecule has 7 nitrogen and oxygen atoms in total. The van der Waals surface area contributed by atoms with E-state index in [0.29, 0.717) is 0 Å². The SMILES string of the molecule is C[C@H](NC(=O)CCn1cnc2sc3c(c2c1=O)CCCC3)C(=O)N1CCCCC1. The fourth-order valence-electron chi connectivity index (χ4n) is 4.33. The van der Waals surface area contributed by atoms with Gasteiger partial charge in [-0.3, -0.25) is 19.0 Å². The molecule has 2 aromatic heterocycles. The topological polar surface area (TPSA) is 84.3 Å². The number of piperidine rings is 1. The van der Waals surface area contributed by atoms with Crippen molar-refractivity contribution in [3.63, 3.8) is 0 Å². The molecule has 0 spiro atoms. The molecule has 1 fully saturated rings. The second-order valence-corrected chi connectivity index (χ2v) is 9.14. The predicted molar refractivity (Wildman–Crippen MR) is 113 cm³/mol. The van der Waals surface area contributed by atoms with E-state index in [0.717, 1.165) is 67.4 Å². The number of nitrogens with zero attached hydrogens (tertiary/aromatic N) is 3. The molecule has 1 saturated heterocycles. The summed E-state index contributed by atoms with van der Waals surface area (Å²) >= 11 is 1.63. The summed E-state index contributed by atoms with van der Waals surface area (Å²) in [5.74, 6) is -0.245. The lowest BCUT2D eigenvalue weighted by Gasteiger charge is -2.29. The maximum atomic E-state index is 12.9. The molecule has 3 heterocycles. The number of hydrogen-bond acceptors (Lipinski definition) is 5. The fraction of sp³-hybridized carbons (Fsp3) is 0.619. The van der Waals surface area contributed by atoms with Crippen LogP contribution in [0.3, 0.4) is 0 Å². The van der Waals surface area contributed by atoms with E-state index in [-0.39, 0.29) is 30.3 Å². The number of amides is 2. The van der Waals surface area contributed by atoms with Crippen LogP contribution < -0.4 is 10.9 Å². The Hall–Kier alpha value is -2.22. The number of carbonyl (C=O) groups is 2.